The van der Waals surface area contributed by atoms with E-state index in [4.69, 9.17) is 0 Å². The first kappa shape index (κ1) is 21.0. The second-order valence-electron chi connectivity index (χ2n) is 7.80. The largest absolute Gasteiger partial charge is 0.396 e. The van der Waals surface area contributed by atoms with Gasteiger partial charge in [-0.2, -0.15) is 0 Å². The summed E-state index contributed by atoms with van der Waals surface area (Å²) in [7, 11) is 1.80. The van der Waals surface area contributed by atoms with E-state index in [0.717, 1.165) is 24.0 Å². The molecular formula is C23H25FN4O3. The van der Waals surface area contributed by atoms with Gasteiger partial charge in [0, 0.05) is 32.3 Å². The molecule has 4 rings (SSSR count). The molecular weight excluding hydrogens is 399 g/mol. The number of aromatic nitrogens is 2. The second kappa shape index (κ2) is 8.85. The molecule has 0 saturated carbocycles. The summed E-state index contributed by atoms with van der Waals surface area (Å²) in [5.41, 5.74) is 3.16. The first-order valence-electron chi connectivity index (χ1n) is 10.3. The van der Waals surface area contributed by atoms with Crippen LogP contribution in [0.4, 0.5) is 10.3 Å². The minimum absolute atomic E-state index is 0.00655. The van der Waals surface area contributed by atoms with Crippen molar-refractivity contribution in [1.82, 2.24) is 14.5 Å². The van der Waals surface area contributed by atoms with Gasteiger partial charge >= 0.3 is 0 Å². The molecule has 0 spiro atoms. The van der Waals surface area contributed by atoms with Gasteiger partial charge in [0.25, 0.3) is 5.91 Å². The number of hydrogen-bond acceptors (Lipinski definition) is 4. The number of carbonyl (C=O) groups excluding carboxylic acids is 2. The molecule has 0 aliphatic carbocycles. The number of alkyl halides is 1. The van der Waals surface area contributed by atoms with Crippen molar-refractivity contribution in [1.29, 1.82) is 0 Å². The fraction of sp³-hybridized carbons (Fsp3) is 0.348. The molecule has 2 amide bonds. The van der Waals surface area contributed by atoms with Crippen LogP contribution in [-0.2, 0) is 18.0 Å². The lowest BCUT2D eigenvalue weighted by atomic mass is 9.97. The summed E-state index contributed by atoms with van der Waals surface area (Å²) < 4.78 is 14.8. The highest BCUT2D eigenvalue weighted by Gasteiger charge is 2.30. The van der Waals surface area contributed by atoms with Crippen molar-refractivity contribution in [3.63, 3.8) is 0 Å². The number of fused-ring (bicyclic) bond motifs is 1. The maximum atomic E-state index is 13.0. The van der Waals surface area contributed by atoms with E-state index in [1.165, 1.54) is 6.07 Å². The van der Waals surface area contributed by atoms with Crippen LogP contribution < -0.4 is 5.32 Å². The first-order valence-corrected chi connectivity index (χ1v) is 10.3. The highest BCUT2D eigenvalue weighted by molar-refractivity contribution is 6.04. The summed E-state index contributed by atoms with van der Waals surface area (Å²) in [6.07, 6.45) is 1.26. The molecule has 1 fully saturated rings. The van der Waals surface area contributed by atoms with Gasteiger partial charge in [0.15, 0.2) is 0 Å². The zero-order chi connectivity index (χ0) is 22.0. The van der Waals surface area contributed by atoms with Crippen molar-refractivity contribution in [3.8, 4) is 0 Å². The van der Waals surface area contributed by atoms with E-state index in [9.17, 15) is 19.1 Å². The molecule has 7 nitrogen and oxygen atoms in total. The smallest absolute Gasteiger partial charge is 0.257 e. The Morgan fingerprint density at radius 1 is 1.29 bits per heavy atom. The lowest BCUT2D eigenvalue weighted by Gasteiger charge is -2.11. The van der Waals surface area contributed by atoms with E-state index < -0.39 is 6.67 Å². The van der Waals surface area contributed by atoms with Crippen LogP contribution in [0.1, 0.15) is 40.2 Å². The molecule has 0 bridgehead atoms. The molecule has 1 saturated heterocycles. The van der Waals surface area contributed by atoms with Gasteiger partial charge in [0.05, 0.1) is 17.0 Å². The van der Waals surface area contributed by atoms with E-state index in [1.807, 2.05) is 22.8 Å². The number of carbonyl (C=O) groups is 2. The third-order valence-electron chi connectivity index (χ3n) is 5.71. The van der Waals surface area contributed by atoms with Crippen LogP contribution in [0.15, 0.2) is 42.5 Å². The van der Waals surface area contributed by atoms with Crippen LogP contribution in [0, 0.1) is 0 Å². The number of halogens is 1. The molecule has 2 aromatic carbocycles. The highest BCUT2D eigenvalue weighted by atomic mass is 19.1. The fourth-order valence-electron chi connectivity index (χ4n) is 4.02. The molecule has 1 aromatic heterocycles. The quantitative estimate of drug-likeness (QED) is 0.610. The Bertz CT molecular complexity index is 1130. The fourth-order valence-corrected chi connectivity index (χ4v) is 4.02. The number of nitrogens with zero attached hydrogens (tertiary/aromatic N) is 3. The molecule has 1 unspecified atom stereocenters. The summed E-state index contributed by atoms with van der Waals surface area (Å²) in [5.74, 6) is -0.117. The zero-order valence-corrected chi connectivity index (χ0v) is 17.3. The third-order valence-corrected chi connectivity index (χ3v) is 5.71. The van der Waals surface area contributed by atoms with Crippen LogP contribution in [0.5, 0.6) is 0 Å². The van der Waals surface area contributed by atoms with Crippen LogP contribution in [0.3, 0.4) is 0 Å². The average molecular weight is 424 g/mol. The number of amides is 2. The second-order valence-corrected chi connectivity index (χ2v) is 7.80. The number of likely N-dealkylation sites (tertiary alicyclic amines) is 1. The molecule has 1 aliphatic heterocycles. The predicted molar refractivity (Wildman–Crippen MR) is 116 cm³/mol. The van der Waals surface area contributed by atoms with Crippen molar-refractivity contribution < 1.29 is 19.1 Å². The number of aliphatic hydroxyl groups is 1. The Balaban J connectivity index is 1.67. The van der Waals surface area contributed by atoms with E-state index in [0.29, 0.717) is 35.6 Å². The number of aryl methyl sites for hydroxylation is 1. The van der Waals surface area contributed by atoms with Crippen molar-refractivity contribution in [3.05, 3.63) is 59.2 Å². The maximum Gasteiger partial charge on any atom is 0.257 e. The van der Waals surface area contributed by atoms with Crippen molar-refractivity contribution >= 4 is 28.8 Å². The third kappa shape index (κ3) is 4.16. The normalized spacial score (nSPS) is 16.3. The Labute approximate surface area is 179 Å². The highest BCUT2D eigenvalue weighted by Crippen LogP contribution is 2.31. The molecule has 31 heavy (non-hydrogen) atoms. The summed E-state index contributed by atoms with van der Waals surface area (Å²) in [6.45, 7) is 0.559. The Kier molecular flexibility index (Phi) is 5.99. The zero-order valence-electron chi connectivity index (χ0n) is 17.3. The number of benzene rings is 2. The lowest BCUT2D eigenvalue weighted by molar-refractivity contribution is -0.127. The minimum atomic E-state index is -0.645. The van der Waals surface area contributed by atoms with E-state index in [-0.39, 0.29) is 24.3 Å². The summed E-state index contributed by atoms with van der Waals surface area (Å²) in [6, 6.07) is 12.1. The molecule has 8 heteroatoms. The first-order chi connectivity index (χ1) is 15.0. The van der Waals surface area contributed by atoms with E-state index >= 15 is 0 Å². The monoisotopic (exact) mass is 424 g/mol. The number of aliphatic hydroxyl groups excluding tert-OH is 1. The Morgan fingerprint density at radius 3 is 2.84 bits per heavy atom. The van der Waals surface area contributed by atoms with Gasteiger partial charge in [-0.1, -0.05) is 18.2 Å². The maximum absolute atomic E-state index is 13.0. The van der Waals surface area contributed by atoms with Crippen molar-refractivity contribution in [2.24, 2.45) is 0 Å². The predicted octanol–water partition coefficient (Wildman–Crippen LogP) is 3.09. The van der Waals surface area contributed by atoms with Crippen LogP contribution in [-0.4, -0.2) is 51.6 Å². The van der Waals surface area contributed by atoms with Gasteiger partial charge in [-0.3, -0.25) is 14.9 Å². The number of likely N-dealkylation sites (N-methyl/N-ethyl adjacent to an activating group) is 1. The van der Waals surface area contributed by atoms with Gasteiger partial charge in [-0.05, 0) is 48.2 Å². The molecule has 0 radical (unpaired) electrons. The molecule has 1 atom stereocenters. The average Bonchev–Trinajstić information content (AvgIpc) is 3.30. The van der Waals surface area contributed by atoms with Crippen molar-refractivity contribution in [2.75, 3.05) is 25.5 Å². The van der Waals surface area contributed by atoms with E-state index in [2.05, 4.69) is 10.3 Å². The topological polar surface area (TPSA) is 87.5 Å². The van der Waals surface area contributed by atoms with E-state index in [1.54, 1.807) is 30.1 Å². The minimum Gasteiger partial charge on any atom is -0.396 e. The summed E-state index contributed by atoms with van der Waals surface area (Å²) in [4.78, 5) is 31.5. The van der Waals surface area contributed by atoms with Crippen molar-refractivity contribution in [2.45, 2.75) is 32.0 Å². The Morgan fingerprint density at radius 2 is 2.13 bits per heavy atom. The Hall–Kier alpha value is -3.26. The van der Waals surface area contributed by atoms with Gasteiger partial charge in [0.2, 0.25) is 11.9 Å². The number of imidazole rings is 1. The number of hydrogen-bond donors (Lipinski definition) is 2. The van der Waals surface area contributed by atoms with Crippen LogP contribution in [0.2, 0.25) is 0 Å². The van der Waals surface area contributed by atoms with Crippen LogP contribution in [0.25, 0.3) is 11.0 Å². The molecule has 2 N–H and O–H groups in total. The van der Waals surface area contributed by atoms with Gasteiger partial charge < -0.3 is 14.6 Å². The standard InChI is InChI=1S/C23H25FN4O3/c1-27-10-8-18(22(27)31)16-6-7-20-19(13-16)25-23(28(20)9-3-11-29)26-21(30)17-5-2-4-15(12-17)14-24/h2,4-7,12-13,18,29H,3,8-11,14H2,1H3,(H,25,26,30). The molecule has 1 aliphatic rings. The lowest BCUT2D eigenvalue weighted by Crippen LogP contribution is -2.21. The van der Waals surface area contributed by atoms with Crippen LogP contribution >= 0.6 is 0 Å². The number of anilines is 1. The molecule has 3 aromatic rings. The molecule has 162 valence electrons. The molecule has 2 heterocycles. The SMILES string of the molecule is CN1CCC(c2ccc3c(c2)nc(NC(=O)c2cccc(CF)c2)n3CCCO)C1=O. The number of rotatable bonds is 7. The number of nitrogens with one attached hydrogen (secondary N) is 1. The van der Waals surface area contributed by atoms with Gasteiger partial charge in [0.1, 0.15) is 6.67 Å². The van der Waals surface area contributed by atoms with Gasteiger partial charge in [-0.25, -0.2) is 9.37 Å². The summed E-state index contributed by atoms with van der Waals surface area (Å²) >= 11 is 0. The van der Waals surface area contributed by atoms with Gasteiger partial charge in [-0.15, -0.1) is 0 Å². The summed E-state index contributed by atoms with van der Waals surface area (Å²) in [5, 5.41) is 12.1.